The number of fused-ring (bicyclic) bond motifs is 1. The molecular weight excluding hydrogens is 510 g/mol. The molecule has 0 saturated carbocycles. The molecule has 1 aromatic heterocycles. The van der Waals surface area contributed by atoms with Gasteiger partial charge in [-0.2, -0.15) is 0 Å². The second kappa shape index (κ2) is 13.7. The zero-order valence-electron chi connectivity index (χ0n) is 21.6. The minimum absolute atomic E-state index is 0.310. The fourth-order valence-corrected chi connectivity index (χ4v) is 4.30. The molecular formula is C27H33N3O9. The van der Waals surface area contributed by atoms with Crippen LogP contribution < -0.4 is 4.74 Å². The lowest BCUT2D eigenvalue weighted by molar-refractivity contribution is -0.170. The average Bonchev–Trinajstić information content (AvgIpc) is 3.52. The van der Waals surface area contributed by atoms with Gasteiger partial charge >= 0.3 is 17.9 Å². The second-order valence-corrected chi connectivity index (χ2v) is 9.33. The Balaban J connectivity index is 0.000000276. The average molecular weight is 544 g/mol. The lowest BCUT2D eigenvalue weighted by Crippen LogP contribution is -2.42. The summed E-state index contributed by atoms with van der Waals surface area (Å²) in [5.41, 5.74) is 0.595. The number of carboxylic acids is 3. The number of H-pyrrole nitrogens is 1. The number of aromatic amines is 1. The van der Waals surface area contributed by atoms with Crippen LogP contribution in [0.3, 0.4) is 0 Å². The number of hydrogen-bond donors (Lipinski definition) is 5. The molecule has 1 saturated heterocycles. The van der Waals surface area contributed by atoms with E-state index in [1.165, 1.54) is 5.56 Å². The maximum atomic E-state index is 10.3. The molecule has 1 atom stereocenters. The van der Waals surface area contributed by atoms with Crippen molar-refractivity contribution in [3.8, 4) is 5.75 Å². The van der Waals surface area contributed by atoms with Crippen molar-refractivity contribution in [2.24, 2.45) is 0 Å². The van der Waals surface area contributed by atoms with Crippen LogP contribution in [0.1, 0.15) is 37.1 Å². The Labute approximate surface area is 224 Å². The van der Waals surface area contributed by atoms with Gasteiger partial charge in [0.25, 0.3) is 0 Å². The third kappa shape index (κ3) is 9.06. The highest BCUT2D eigenvalue weighted by molar-refractivity contribution is 5.88. The SMILES string of the molecule is COc1cccc(CN(Cc2nc3ccccc3[nH]2)CC2CCCO2)c1.O=C(O)CC(O)(CC(=O)O)C(=O)O. The van der Waals surface area contributed by atoms with Crippen LogP contribution in [0.4, 0.5) is 0 Å². The molecule has 3 aromatic rings. The normalized spacial score (nSPS) is 15.1. The molecule has 1 fully saturated rings. The summed E-state index contributed by atoms with van der Waals surface area (Å²) in [7, 11) is 1.71. The minimum Gasteiger partial charge on any atom is -0.497 e. The van der Waals surface area contributed by atoms with E-state index in [0.29, 0.717) is 6.10 Å². The Morgan fingerprint density at radius 2 is 1.79 bits per heavy atom. The van der Waals surface area contributed by atoms with E-state index in [1.807, 2.05) is 30.3 Å². The largest absolute Gasteiger partial charge is 0.497 e. The van der Waals surface area contributed by atoms with Crippen LogP contribution in [0.25, 0.3) is 11.0 Å². The van der Waals surface area contributed by atoms with Crippen LogP contribution in [0.15, 0.2) is 48.5 Å². The number of ether oxygens (including phenoxy) is 2. The summed E-state index contributed by atoms with van der Waals surface area (Å²) in [4.78, 5) is 41.1. The van der Waals surface area contributed by atoms with Crippen molar-refractivity contribution >= 4 is 28.9 Å². The number of benzene rings is 2. The van der Waals surface area contributed by atoms with Gasteiger partial charge in [-0.1, -0.05) is 24.3 Å². The molecule has 1 aliphatic rings. The van der Waals surface area contributed by atoms with Gasteiger partial charge in [-0.25, -0.2) is 9.78 Å². The third-order valence-electron chi connectivity index (χ3n) is 6.12. The molecule has 0 radical (unpaired) electrons. The molecule has 1 aliphatic heterocycles. The van der Waals surface area contributed by atoms with Crippen molar-refractivity contribution in [1.29, 1.82) is 0 Å². The van der Waals surface area contributed by atoms with Crippen LogP contribution >= 0.6 is 0 Å². The van der Waals surface area contributed by atoms with Gasteiger partial charge in [0.05, 0.1) is 43.6 Å². The standard InChI is InChI=1S/C21H25N3O2.C6H8O7/c1-25-17-7-4-6-16(12-17)13-24(14-18-8-5-11-26-18)15-21-22-19-9-2-3-10-20(19)23-21;7-3(8)1-6(13,5(11)12)2-4(9)10/h2-4,6-7,9-10,12,18H,5,8,11,13-15H2,1H3,(H,22,23);13H,1-2H2,(H,7,8)(H,9,10)(H,11,12). The lowest BCUT2D eigenvalue weighted by Gasteiger charge is -2.24. The first-order valence-corrected chi connectivity index (χ1v) is 12.4. The topological polar surface area (TPSA) is 183 Å². The Bertz CT molecular complexity index is 1220. The smallest absolute Gasteiger partial charge is 0.336 e. The van der Waals surface area contributed by atoms with Gasteiger partial charge in [0.15, 0.2) is 5.60 Å². The molecule has 12 nitrogen and oxygen atoms in total. The Morgan fingerprint density at radius 1 is 1.08 bits per heavy atom. The van der Waals surface area contributed by atoms with Gasteiger partial charge in [0.1, 0.15) is 11.6 Å². The van der Waals surface area contributed by atoms with Crippen molar-refractivity contribution in [1.82, 2.24) is 14.9 Å². The van der Waals surface area contributed by atoms with E-state index in [0.717, 1.165) is 61.7 Å². The molecule has 5 N–H and O–H groups in total. The summed E-state index contributed by atoms with van der Waals surface area (Å²) in [5, 5.41) is 33.8. The number of hydrogen-bond acceptors (Lipinski definition) is 8. The maximum absolute atomic E-state index is 10.3. The Kier molecular flexibility index (Phi) is 10.4. The number of carbonyl (C=O) groups is 3. The monoisotopic (exact) mass is 543 g/mol. The van der Waals surface area contributed by atoms with E-state index < -0.39 is 36.4 Å². The van der Waals surface area contributed by atoms with Crippen molar-refractivity contribution in [2.75, 3.05) is 20.3 Å². The first-order chi connectivity index (χ1) is 18.6. The summed E-state index contributed by atoms with van der Waals surface area (Å²) < 4.78 is 11.2. The highest BCUT2D eigenvalue weighted by Gasteiger charge is 2.40. The fourth-order valence-electron chi connectivity index (χ4n) is 4.30. The number of methoxy groups -OCH3 is 1. The second-order valence-electron chi connectivity index (χ2n) is 9.33. The minimum atomic E-state index is -2.74. The number of carboxylic acid groups (broad SMARTS) is 3. The van der Waals surface area contributed by atoms with Crippen molar-refractivity contribution in [3.05, 3.63) is 59.9 Å². The number of nitrogens with zero attached hydrogens (tertiary/aromatic N) is 2. The van der Waals surface area contributed by atoms with Crippen molar-refractivity contribution < 1.29 is 44.3 Å². The van der Waals surface area contributed by atoms with Crippen LogP contribution in [0.2, 0.25) is 0 Å². The van der Waals surface area contributed by atoms with Crippen molar-refractivity contribution in [2.45, 2.75) is 50.5 Å². The van der Waals surface area contributed by atoms with E-state index in [1.54, 1.807) is 7.11 Å². The molecule has 2 heterocycles. The van der Waals surface area contributed by atoms with Crippen LogP contribution in [0.5, 0.6) is 5.75 Å². The number of rotatable bonds is 12. The molecule has 39 heavy (non-hydrogen) atoms. The zero-order chi connectivity index (χ0) is 28.4. The number of aliphatic hydroxyl groups is 1. The van der Waals surface area contributed by atoms with Crippen LogP contribution in [-0.2, 0) is 32.2 Å². The van der Waals surface area contributed by atoms with Gasteiger partial charge in [0, 0.05) is 19.7 Å². The number of aliphatic carboxylic acids is 3. The summed E-state index contributed by atoms with van der Waals surface area (Å²) in [6.07, 6.45) is 0.310. The Hall–Kier alpha value is -4.00. The summed E-state index contributed by atoms with van der Waals surface area (Å²) in [6.45, 7) is 3.40. The van der Waals surface area contributed by atoms with Gasteiger partial charge in [-0.15, -0.1) is 0 Å². The van der Waals surface area contributed by atoms with Gasteiger partial charge in [-0.05, 0) is 42.7 Å². The summed E-state index contributed by atoms with van der Waals surface area (Å²) >= 11 is 0. The lowest BCUT2D eigenvalue weighted by atomic mass is 9.96. The van der Waals surface area contributed by atoms with E-state index in [4.69, 9.17) is 34.9 Å². The molecule has 0 amide bonds. The predicted molar refractivity (Wildman–Crippen MR) is 139 cm³/mol. The maximum Gasteiger partial charge on any atom is 0.336 e. The number of nitrogens with one attached hydrogen (secondary N) is 1. The highest BCUT2D eigenvalue weighted by atomic mass is 16.5. The summed E-state index contributed by atoms with van der Waals surface area (Å²) in [5.74, 6) is -3.13. The molecule has 0 bridgehead atoms. The van der Waals surface area contributed by atoms with Gasteiger partial charge in [0.2, 0.25) is 0 Å². The first kappa shape index (κ1) is 29.6. The van der Waals surface area contributed by atoms with Gasteiger partial charge < -0.3 is 34.9 Å². The van der Waals surface area contributed by atoms with E-state index in [-0.39, 0.29) is 0 Å². The molecule has 0 aliphatic carbocycles. The highest BCUT2D eigenvalue weighted by Crippen LogP contribution is 2.20. The summed E-state index contributed by atoms with van der Waals surface area (Å²) in [6, 6.07) is 16.4. The Morgan fingerprint density at radius 3 is 2.38 bits per heavy atom. The molecule has 4 rings (SSSR count). The zero-order valence-corrected chi connectivity index (χ0v) is 21.6. The first-order valence-electron chi connectivity index (χ1n) is 12.4. The van der Waals surface area contributed by atoms with Crippen molar-refractivity contribution in [3.63, 3.8) is 0 Å². The molecule has 12 heteroatoms. The molecule has 210 valence electrons. The fraction of sp³-hybridized carbons (Fsp3) is 0.407. The number of para-hydroxylation sites is 2. The van der Waals surface area contributed by atoms with Gasteiger partial charge in [-0.3, -0.25) is 14.5 Å². The van der Waals surface area contributed by atoms with Crippen LogP contribution in [0, 0.1) is 0 Å². The number of aromatic nitrogens is 2. The van der Waals surface area contributed by atoms with E-state index in [2.05, 4.69) is 28.1 Å². The third-order valence-corrected chi connectivity index (χ3v) is 6.12. The van der Waals surface area contributed by atoms with E-state index >= 15 is 0 Å². The predicted octanol–water partition coefficient (Wildman–Crippen LogP) is 2.50. The quantitative estimate of drug-likeness (QED) is 0.226. The van der Waals surface area contributed by atoms with Crippen LogP contribution in [-0.4, -0.2) is 85.2 Å². The molecule has 0 spiro atoms. The molecule has 1 unspecified atom stereocenters. The molecule has 2 aromatic carbocycles. The number of imidazole rings is 1. The van der Waals surface area contributed by atoms with E-state index in [9.17, 15) is 14.4 Å².